The van der Waals surface area contributed by atoms with Crippen molar-refractivity contribution in [3.05, 3.63) is 24.0 Å². The molecule has 1 N–H and O–H groups in total. The lowest BCUT2D eigenvalue weighted by Gasteiger charge is -2.06. The third kappa shape index (κ3) is 2.16. The van der Waals surface area contributed by atoms with Gasteiger partial charge in [0.1, 0.15) is 5.82 Å². The molecule has 2 aromatic rings. The number of imidazole rings is 1. The number of rotatable bonds is 5. The summed E-state index contributed by atoms with van der Waals surface area (Å²) in [5.41, 5.74) is 0.550. The van der Waals surface area contributed by atoms with Crippen LogP contribution >= 0.6 is 0 Å². The van der Waals surface area contributed by atoms with Crippen molar-refractivity contribution in [1.82, 2.24) is 14.1 Å². The number of nitrogens with one attached hydrogen (secondary N) is 1. The van der Waals surface area contributed by atoms with Gasteiger partial charge in [-0.15, -0.1) is 0 Å². The van der Waals surface area contributed by atoms with Crippen molar-refractivity contribution < 1.29 is 13.2 Å². The first-order chi connectivity index (χ1) is 9.56. The molecule has 0 atom stereocenters. The van der Waals surface area contributed by atoms with Crippen LogP contribution in [0.2, 0.25) is 0 Å². The fourth-order valence-electron chi connectivity index (χ4n) is 2.22. The molecular weight excluding hydrogens is 278 g/mol. The van der Waals surface area contributed by atoms with Gasteiger partial charge in [-0.25, -0.2) is 18.1 Å². The van der Waals surface area contributed by atoms with Crippen molar-refractivity contribution in [3.63, 3.8) is 0 Å². The molecule has 1 aliphatic carbocycles. The third-order valence-corrected chi connectivity index (χ3v) is 4.79. The zero-order chi connectivity index (χ0) is 14.3. The Bertz CT molecular complexity index is 748. The Morgan fingerprint density at radius 1 is 1.45 bits per heavy atom. The Morgan fingerprint density at radius 2 is 2.20 bits per heavy atom. The second-order valence-electron chi connectivity index (χ2n) is 4.87. The smallest absolute Gasteiger partial charge is 0.260 e. The van der Waals surface area contributed by atoms with Crippen LogP contribution in [0.4, 0.5) is 0 Å². The Labute approximate surface area is 117 Å². The molecule has 1 saturated carbocycles. The van der Waals surface area contributed by atoms with Crippen LogP contribution in [-0.2, 0) is 16.4 Å². The van der Waals surface area contributed by atoms with Crippen LogP contribution in [0.5, 0.6) is 5.88 Å². The molecule has 6 nitrogen and oxygen atoms in total. The van der Waals surface area contributed by atoms with Crippen LogP contribution in [0.3, 0.4) is 0 Å². The first-order valence-electron chi connectivity index (χ1n) is 6.63. The summed E-state index contributed by atoms with van der Waals surface area (Å²) in [6.45, 7) is 1.94. The van der Waals surface area contributed by atoms with E-state index in [1.165, 1.54) is 0 Å². The first kappa shape index (κ1) is 13.4. The minimum absolute atomic E-state index is 0.0624. The molecule has 0 bridgehead atoms. The predicted octanol–water partition coefficient (Wildman–Crippen LogP) is 1.35. The number of hydrogen-bond acceptors (Lipinski definition) is 4. The van der Waals surface area contributed by atoms with Crippen LogP contribution < -0.4 is 9.46 Å². The van der Waals surface area contributed by atoms with E-state index in [1.54, 1.807) is 29.7 Å². The normalized spacial score (nSPS) is 15.7. The number of pyridine rings is 1. The summed E-state index contributed by atoms with van der Waals surface area (Å²) in [5, 5.41) is 0.0835. The van der Waals surface area contributed by atoms with Gasteiger partial charge in [0.05, 0.1) is 12.6 Å². The highest BCUT2D eigenvalue weighted by atomic mass is 32.2. The molecular formula is C13H17N3O3S. The number of ether oxygens (including phenoxy) is 1. The molecule has 0 saturated heterocycles. The van der Waals surface area contributed by atoms with Crippen molar-refractivity contribution in [2.45, 2.75) is 37.3 Å². The molecule has 0 spiro atoms. The molecule has 0 radical (unpaired) electrons. The maximum absolute atomic E-state index is 12.4. The van der Waals surface area contributed by atoms with E-state index in [0.717, 1.165) is 12.8 Å². The number of nitrogens with zero attached hydrogens (tertiary/aromatic N) is 2. The molecule has 1 aliphatic rings. The number of fused-ring (bicyclic) bond motifs is 1. The largest absolute Gasteiger partial charge is 0.482 e. The summed E-state index contributed by atoms with van der Waals surface area (Å²) < 4.78 is 34.5. The molecule has 2 heterocycles. The Kier molecular flexibility index (Phi) is 3.18. The summed E-state index contributed by atoms with van der Waals surface area (Å²) in [5.74, 6) is 1.26. The molecule has 0 amide bonds. The monoisotopic (exact) mass is 295 g/mol. The average molecular weight is 295 g/mol. The van der Waals surface area contributed by atoms with Crippen molar-refractivity contribution in [2.24, 2.45) is 0 Å². The molecule has 0 aliphatic heterocycles. The van der Waals surface area contributed by atoms with Crippen molar-refractivity contribution >= 4 is 15.5 Å². The van der Waals surface area contributed by atoms with Gasteiger partial charge in [-0.05, 0) is 25.0 Å². The highest BCUT2D eigenvalue weighted by Crippen LogP contribution is 2.27. The summed E-state index contributed by atoms with van der Waals surface area (Å²) in [7, 11) is -2.02. The van der Waals surface area contributed by atoms with Gasteiger partial charge in [0.2, 0.25) is 0 Å². The van der Waals surface area contributed by atoms with Crippen LogP contribution in [-0.4, -0.2) is 31.0 Å². The van der Waals surface area contributed by atoms with Gasteiger partial charge in [0, 0.05) is 12.5 Å². The molecule has 20 heavy (non-hydrogen) atoms. The minimum Gasteiger partial charge on any atom is -0.482 e. The lowest BCUT2D eigenvalue weighted by molar-refractivity contribution is 0.390. The van der Waals surface area contributed by atoms with Gasteiger partial charge in [-0.1, -0.05) is 13.0 Å². The topological polar surface area (TPSA) is 72.7 Å². The molecule has 2 aromatic heterocycles. The van der Waals surface area contributed by atoms with Gasteiger partial charge in [0.15, 0.2) is 10.9 Å². The molecule has 1 fully saturated rings. The number of aryl methyl sites for hydroxylation is 1. The number of hydrogen-bond donors (Lipinski definition) is 1. The first-order valence-corrected chi connectivity index (χ1v) is 8.12. The summed E-state index contributed by atoms with van der Waals surface area (Å²) >= 11 is 0. The lowest BCUT2D eigenvalue weighted by Crippen LogP contribution is -2.26. The number of sulfonamides is 1. The van der Waals surface area contributed by atoms with Gasteiger partial charge in [-0.2, -0.15) is 0 Å². The number of methoxy groups -OCH3 is 1. The van der Waals surface area contributed by atoms with Crippen LogP contribution in [0.15, 0.2) is 23.2 Å². The number of aromatic nitrogens is 2. The Balaban J connectivity index is 2.21. The summed E-state index contributed by atoms with van der Waals surface area (Å²) in [4.78, 5) is 4.30. The van der Waals surface area contributed by atoms with Crippen molar-refractivity contribution in [3.8, 4) is 5.88 Å². The Morgan fingerprint density at radius 3 is 2.80 bits per heavy atom. The van der Waals surface area contributed by atoms with Crippen LogP contribution in [0, 0.1) is 0 Å². The second-order valence-corrected chi connectivity index (χ2v) is 6.50. The molecule has 108 valence electrons. The fourth-order valence-corrected chi connectivity index (χ4v) is 3.66. The van der Waals surface area contributed by atoms with Crippen molar-refractivity contribution in [1.29, 1.82) is 0 Å². The highest BCUT2D eigenvalue weighted by molar-refractivity contribution is 7.89. The van der Waals surface area contributed by atoms with E-state index in [2.05, 4.69) is 9.71 Å². The quantitative estimate of drug-likeness (QED) is 0.903. The van der Waals surface area contributed by atoms with Crippen LogP contribution in [0.1, 0.15) is 25.6 Å². The van der Waals surface area contributed by atoms with Gasteiger partial charge in [0.25, 0.3) is 10.0 Å². The standard InChI is InChI=1S/C13H17N3O3S/c1-3-11-14-13(20(17,18)15-9-7-8-9)10-5-4-6-12(19-2)16(10)11/h4-6,9,15H,3,7-8H2,1-2H3. The van der Waals surface area contributed by atoms with E-state index in [-0.39, 0.29) is 11.1 Å². The zero-order valence-corrected chi connectivity index (χ0v) is 12.3. The SMILES string of the molecule is CCc1nc(S(=O)(=O)NC2CC2)c2cccc(OC)n12. The average Bonchev–Trinajstić information content (AvgIpc) is 3.14. The summed E-state index contributed by atoms with van der Waals surface area (Å²) in [6, 6.07) is 5.37. The van der Waals surface area contributed by atoms with Crippen LogP contribution in [0.25, 0.3) is 5.52 Å². The Hall–Kier alpha value is -1.60. The highest BCUT2D eigenvalue weighted by Gasteiger charge is 2.31. The van der Waals surface area contributed by atoms with Gasteiger partial charge >= 0.3 is 0 Å². The minimum atomic E-state index is -3.58. The second kappa shape index (κ2) is 4.75. The lowest BCUT2D eigenvalue weighted by atomic mass is 10.4. The van der Waals surface area contributed by atoms with E-state index in [1.807, 2.05) is 6.92 Å². The maximum Gasteiger partial charge on any atom is 0.260 e. The third-order valence-electron chi connectivity index (χ3n) is 3.34. The van der Waals surface area contributed by atoms with Gasteiger partial charge < -0.3 is 4.74 Å². The van der Waals surface area contributed by atoms with E-state index >= 15 is 0 Å². The van der Waals surface area contributed by atoms with E-state index < -0.39 is 10.0 Å². The van der Waals surface area contributed by atoms with Gasteiger partial charge in [-0.3, -0.25) is 4.40 Å². The predicted molar refractivity (Wildman–Crippen MR) is 74.5 cm³/mol. The van der Waals surface area contributed by atoms with E-state index in [9.17, 15) is 8.42 Å². The van der Waals surface area contributed by atoms with E-state index in [0.29, 0.717) is 23.6 Å². The molecule has 0 unspecified atom stereocenters. The zero-order valence-electron chi connectivity index (χ0n) is 11.5. The molecule has 0 aromatic carbocycles. The molecule has 3 rings (SSSR count). The fraction of sp³-hybridized carbons (Fsp3) is 0.462. The molecule has 7 heteroatoms. The van der Waals surface area contributed by atoms with Crippen molar-refractivity contribution in [2.75, 3.05) is 7.11 Å². The summed E-state index contributed by atoms with van der Waals surface area (Å²) in [6.07, 6.45) is 2.42. The maximum atomic E-state index is 12.4. The van der Waals surface area contributed by atoms with E-state index in [4.69, 9.17) is 4.74 Å².